The lowest BCUT2D eigenvalue weighted by molar-refractivity contribution is 0.0449. The SMILES string of the molecule is Cc1ccc(C(=O)NCC2(O)CCCC2)c(=O)[nH]1. The van der Waals surface area contributed by atoms with Crippen molar-refractivity contribution in [2.24, 2.45) is 0 Å². The fourth-order valence-corrected chi connectivity index (χ4v) is 2.30. The molecule has 3 N–H and O–H groups in total. The van der Waals surface area contributed by atoms with Crippen molar-refractivity contribution >= 4 is 5.91 Å². The molecule has 0 radical (unpaired) electrons. The van der Waals surface area contributed by atoms with Crippen LogP contribution >= 0.6 is 0 Å². The zero-order chi connectivity index (χ0) is 13.2. The second-order valence-electron chi connectivity index (χ2n) is 5.00. The van der Waals surface area contributed by atoms with Gasteiger partial charge in [-0.05, 0) is 31.9 Å². The van der Waals surface area contributed by atoms with Gasteiger partial charge in [-0.15, -0.1) is 0 Å². The van der Waals surface area contributed by atoms with E-state index in [1.807, 2.05) is 0 Å². The topological polar surface area (TPSA) is 82.2 Å². The second kappa shape index (κ2) is 4.94. The van der Waals surface area contributed by atoms with Crippen molar-refractivity contribution in [1.82, 2.24) is 10.3 Å². The minimum absolute atomic E-state index is 0.0854. The van der Waals surface area contributed by atoms with Crippen molar-refractivity contribution in [1.29, 1.82) is 0 Å². The van der Waals surface area contributed by atoms with Gasteiger partial charge in [0.2, 0.25) is 0 Å². The summed E-state index contributed by atoms with van der Waals surface area (Å²) in [5.74, 6) is -0.434. The molecule has 1 saturated carbocycles. The van der Waals surface area contributed by atoms with Gasteiger partial charge >= 0.3 is 0 Å². The monoisotopic (exact) mass is 250 g/mol. The second-order valence-corrected chi connectivity index (χ2v) is 5.00. The third-order valence-corrected chi connectivity index (χ3v) is 3.41. The number of pyridine rings is 1. The van der Waals surface area contributed by atoms with Crippen molar-refractivity contribution in [3.63, 3.8) is 0 Å². The van der Waals surface area contributed by atoms with E-state index in [1.54, 1.807) is 13.0 Å². The summed E-state index contributed by atoms with van der Waals surface area (Å²) in [7, 11) is 0. The maximum absolute atomic E-state index is 11.8. The van der Waals surface area contributed by atoms with Gasteiger partial charge in [-0.3, -0.25) is 9.59 Å². The molecular formula is C13H18N2O3. The molecule has 0 spiro atoms. The van der Waals surface area contributed by atoms with E-state index in [0.717, 1.165) is 12.8 Å². The number of carbonyl (C=O) groups excluding carboxylic acids is 1. The Bertz CT molecular complexity index is 501. The first-order valence-corrected chi connectivity index (χ1v) is 6.21. The molecule has 98 valence electrons. The summed E-state index contributed by atoms with van der Waals surface area (Å²) in [4.78, 5) is 26.0. The largest absolute Gasteiger partial charge is 0.388 e. The Morgan fingerprint density at radius 3 is 2.72 bits per heavy atom. The number of aromatic nitrogens is 1. The number of amides is 1. The number of H-pyrrole nitrogens is 1. The Kier molecular flexibility index (Phi) is 3.52. The molecular weight excluding hydrogens is 232 g/mol. The number of aromatic amines is 1. The molecule has 1 aromatic heterocycles. The summed E-state index contributed by atoms with van der Waals surface area (Å²) < 4.78 is 0. The van der Waals surface area contributed by atoms with Gasteiger partial charge in [0.1, 0.15) is 5.56 Å². The Morgan fingerprint density at radius 1 is 1.44 bits per heavy atom. The molecule has 0 aromatic carbocycles. The van der Waals surface area contributed by atoms with Crippen LogP contribution in [0.25, 0.3) is 0 Å². The number of hydrogen-bond acceptors (Lipinski definition) is 3. The minimum atomic E-state index is -0.798. The molecule has 5 heteroatoms. The van der Waals surface area contributed by atoms with Gasteiger partial charge in [0.05, 0.1) is 5.60 Å². The van der Waals surface area contributed by atoms with Gasteiger partial charge in [-0.2, -0.15) is 0 Å². The summed E-state index contributed by atoms with van der Waals surface area (Å²) in [5.41, 5.74) is -0.397. The zero-order valence-electron chi connectivity index (χ0n) is 10.5. The van der Waals surface area contributed by atoms with Gasteiger partial charge < -0.3 is 15.4 Å². The highest BCUT2D eigenvalue weighted by atomic mass is 16.3. The number of nitrogens with one attached hydrogen (secondary N) is 2. The van der Waals surface area contributed by atoms with E-state index in [2.05, 4.69) is 10.3 Å². The maximum Gasteiger partial charge on any atom is 0.260 e. The molecule has 2 rings (SSSR count). The molecule has 5 nitrogen and oxygen atoms in total. The highest BCUT2D eigenvalue weighted by Crippen LogP contribution is 2.28. The highest BCUT2D eigenvalue weighted by Gasteiger charge is 2.31. The molecule has 0 atom stereocenters. The van der Waals surface area contributed by atoms with E-state index >= 15 is 0 Å². The average molecular weight is 250 g/mol. The third-order valence-electron chi connectivity index (χ3n) is 3.41. The van der Waals surface area contributed by atoms with E-state index in [4.69, 9.17) is 0 Å². The molecule has 0 aliphatic heterocycles. The molecule has 0 saturated heterocycles. The van der Waals surface area contributed by atoms with Crippen molar-refractivity contribution < 1.29 is 9.90 Å². The normalized spacial score (nSPS) is 17.7. The fraction of sp³-hybridized carbons (Fsp3) is 0.538. The lowest BCUT2D eigenvalue weighted by atomic mass is 10.0. The molecule has 1 aliphatic rings. The number of aliphatic hydroxyl groups is 1. The number of rotatable bonds is 3. The first-order chi connectivity index (χ1) is 8.50. The summed E-state index contributed by atoms with van der Waals surface area (Å²) in [5, 5.41) is 12.7. The highest BCUT2D eigenvalue weighted by molar-refractivity contribution is 5.93. The Hall–Kier alpha value is -1.62. The summed E-state index contributed by atoms with van der Waals surface area (Å²) in [6, 6.07) is 3.18. The van der Waals surface area contributed by atoms with Crippen LogP contribution in [0.15, 0.2) is 16.9 Å². The van der Waals surface area contributed by atoms with Crippen LogP contribution in [-0.2, 0) is 0 Å². The summed E-state index contributed by atoms with van der Waals surface area (Å²) >= 11 is 0. The van der Waals surface area contributed by atoms with Gasteiger partial charge in [0.25, 0.3) is 11.5 Å². The Balaban J connectivity index is 2.01. The fourth-order valence-electron chi connectivity index (χ4n) is 2.30. The van der Waals surface area contributed by atoms with E-state index in [9.17, 15) is 14.7 Å². The van der Waals surface area contributed by atoms with Crippen LogP contribution in [0.3, 0.4) is 0 Å². The number of carbonyl (C=O) groups is 1. The smallest absolute Gasteiger partial charge is 0.260 e. The molecule has 0 bridgehead atoms. The number of hydrogen-bond donors (Lipinski definition) is 3. The zero-order valence-corrected chi connectivity index (χ0v) is 10.5. The summed E-state index contributed by atoms with van der Waals surface area (Å²) in [6.45, 7) is 1.96. The van der Waals surface area contributed by atoms with Crippen LogP contribution in [0.4, 0.5) is 0 Å². The summed E-state index contributed by atoms with van der Waals surface area (Å²) in [6.07, 6.45) is 3.38. The first kappa shape index (κ1) is 12.8. The molecule has 1 fully saturated rings. The van der Waals surface area contributed by atoms with Crippen molar-refractivity contribution in [3.8, 4) is 0 Å². The predicted octanol–water partition coefficient (Wildman–Crippen LogP) is 0.718. The predicted molar refractivity (Wildman–Crippen MR) is 67.6 cm³/mol. The van der Waals surface area contributed by atoms with Crippen LogP contribution in [0, 0.1) is 6.92 Å². The lowest BCUT2D eigenvalue weighted by Gasteiger charge is -2.22. The minimum Gasteiger partial charge on any atom is -0.388 e. The van der Waals surface area contributed by atoms with Crippen LogP contribution in [0.1, 0.15) is 41.7 Å². The standard InChI is InChI=1S/C13H18N2O3/c1-9-4-5-10(12(17)15-9)11(16)14-8-13(18)6-2-3-7-13/h4-5,18H,2-3,6-8H2,1H3,(H,14,16)(H,15,17). The van der Waals surface area contributed by atoms with E-state index in [1.165, 1.54) is 6.07 Å². The Labute approximate surface area is 105 Å². The molecule has 1 aliphatic carbocycles. The van der Waals surface area contributed by atoms with Crippen molar-refractivity contribution in [3.05, 3.63) is 33.7 Å². The number of aryl methyl sites for hydroxylation is 1. The van der Waals surface area contributed by atoms with Gasteiger partial charge in [0.15, 0.2) is 0 Å². The molecule has 1 heterocycles. The molecule has 1 aromatic rings. The molecule has 18 heavy (non-hydrogen) atoms. The quantitative estimate of drug-likeness (QED) is 0.739. The van der Waals surface area contributed by atoms with Crippen LogP contribution in [-0.4, -0.2) is 28.1 Å². The first-order valence-electron chi connectivity index (χ1n) is 6.21. The van der Waals surface area contributed by atoms with E-state index in [-0.39, 0.29) is 12.1 Å². The van der Waals surface area contributed by atoms with Crippen LogP contribution < -0.4 is 10.9 Å². The maximum atomic E-state index is 11.8. The van der Waals surface area contributed by atoms with Gasteiger partial charge in [-0.25, -0.2) is 0 Å². The van der Waals surface area contributed by atoms with E-state index in [0.29, 0.717) is 18.5 Å². The van der Waals surface area contributed by atoms with Crippen LogP contribution in [0.2, 0.25) is 0 Å². The van der Waals surface area contributed by atoms with Crippen LogP contribution in [0.5, 0.6) is 0 Å². The van der Waals surface area contributed by atoms with Crippen molar-refractivity contribution in [2.45, 2.75) is 38.2 Å². The lowest BCUT2D eigenvalue weighted by Crippen LogP contribution is -2.42. The van der Waals surface area contributed by atoms with Gasteiger partial charge in [0, 0.05) is 12.2 Å². The average Bonchev–Trinajstić information content (AvgIpc) is 2.74. The van der Waals surface area contributed by atoms with Crippen molar-refractivity contribution in [2.75, 3.05) is 6.54 Å². The Morgan fingerprint density at radius 2 is 2.11 bits per heavy atom. The van der Waals surface area contributed by atoms with Gasteiger partial charge in [-0.1, -0.05) is 12.8 Å². The molecule has 1 amide bonds. The third kappa shape index (κ3) is 2.79. The molecule has 0 unspecified atom stereocenters. The van der Waals surface area contributed by atoms with E-state index < -0.39 is 17.1 Å².